The minimum absolute atomic E-state index is 0.453. The fourth-order valence-electron chi connectivity index (χ4n) is 2.63. The van der Waals surface area contributed by atoms with Gasteiger partial charge in [-0.15, -0.1) is 0 Å². The van der Waals surface area contributed by atoms with Gasteiger partial charge in [-0.25, -0.2) is 0 Å². The van der Waals surface area contributed by atoms with E-state index in [0.717, 1.165) is 11.8 Å². The van der Waals surface area contributed by atoms with Gasteiger partial charge in [-0.05, 0) is 43.5 Å². The Morgan fingerprint density at radius 2 is 2.22 bits per heavy atom. The van der Waals surface area contributed by atoms with Gasteiger partial charge in [0.15, 0.2) is 0 Å². The van der Waals surface area contributed by atoms with Crippen LogP contribution in [0.2, 0.25) is 0 Å². The van der Waals surface area contributed by atoms with Crippen molar-refractivity contribution in [3.63, 3.8) is 0 Å². The van der Waals surface area contributed by atoms with Crippen LogP contribution < -0.4 is 5.32 Å². The largest absolute Gasteiger partial charge is 0.309 e. The minimum atomic E-state index is 0.453. The summed E-state index contributed by atoms with van der Waals surface area (Å²) in [6.45, 7) is 5.38. The van der Waals surface area contributed by atoms with E-state index in [2.05, 4.69) is 42.0 Å². The Morgan fingerprint density at radius 3 is 2.89 bits per heavy atom. The summed E-state index contributed by atoms with van der Waals surface area (Å²) in [6.07, 6.45) is 9.58. The van der Waals surface area contributed by atoms with E-state index in [1.807, 2.05) is 12.4 Å². The molecule has 1 heterocycles. The van der Waals surface area contributed by atoms with Gasteiger partial charge in [0, 0.05) is 29.4 Å². The van der Waals surface area contributed by atoms with Gasteiger partial charge in [-0.1, -0.05) is 19.8 Å². The Balaban J connectivity index is 1.96. The van der Waals surface area contributed by atoms with Gasteiger partial charge in [0.25, 0.3) is 0 Å². The molecular formula is C15H24N2S. The molecule has 1 aliphatic carbocycles. The van der Waals surface area contributed by atoms with Crippen LogP contribution in [0.5, 0.6) is 0 Å². The van der Waals surface area contributed by atoms with Crippen molar-refractivity contribution in [3.8, 4) is 0 Å². The van der Waals surface area contributed by atoms with E-state index < -0.39 is 0 Å². The third-order valence-corrected chi connectivity index (χ3v) is 5.17. The van der Waals surface area contributed by atoms with E-state index in [9.17, 15) is 0 Å². The molecule has 1 aromatic rings. The number of nitrogens with one attached hydrogen (secondary N) is 1. The zero-order valence-electron chi connectivity index (χ0n) is 11.5. The molecule has 2 nitrogen and oxygen atoms in total. The Labute approximate surface area is 115 Å². The van der Waals surface area contributed by atoms with E-state index in [-0.39, 0.29) is 0 Å². The summed E-state index contributed by atoms with van der Waals surface area (Å²) >= 11 is 2.15. The van der Waals surface area contributed by atoms with Crippen molar-refractivity contribution in [3.05, 3.63) is 29.6 Å². The van der Waals surface area contributed by atoms with E-state index in [1.165, 1.54) is 42.6 Å². The fourth-order valence-corrected chi connectivity index (χ4v) is 4.06. The van der Waals surface area contributed by atoms with Crippen molar-refractivity contribution in [2.45, 2.75) is 50.8 Å². The van der Waals surface area contributed by atoms with Crippen molar-refractivity contribution in [1.82, 2.24) is 10.3 Å². The first-order valence-corrected chi connectivity index (χ1v) is 8.11. The summed E-state index contributed by atoms with van der Waals surface area (Å²) in [4.78, 5) is 4.28. The smallest absolute Gasteiger partial charge is 0.0429 e. The maximum absolute atomic E-state index is 4.28. The number of nitrogens with zero attached hydrogens (tertiary/aromatic N) is 1. The van der Waals surface area contributed by atoms with Gasteiger partial charge < -0.3 is 5.32 Å². The van der Waals surface area contributed by atoms with E-state index in [1.54, 1.807) is 0 Å². The van der Waals surface area contributed by atoms with Gasteiger partial charge >= 0.3 is 0 Å². The zero-order valence-corrected chi connectivity index (χ0v) is 12.3. The number of pyridine rings is 1. The molecule has 0 aromatic carbocycles. The van der Waals surface area contributed by atoms with Gasteiger partial charge in [0.05, 0.1) is 0 Å². The first-order valence-electron chi connectivity index (χ1n) is 7.06. The number of aryl methyl sites for hydroxylation is 1. The van der Waals surface area contributed by atoms with Crippen molar-refractivity contribution >= 4 is 11.8 Å². The lowest BCUT2D eigenvalue weighted by atomic mass is 10.1. The topological polar surface area (TPSA) is 24.9 Å². The summed E-state index contributed by atoms with van der Waals surface area (Å²) in [5.41, 5.74) is 2.72. The Hall–Kier alpha value is -0.540. The highest BCUT2D eigenvalue weighted by molar-refractivity contribution is 7.99. The second-order valence-electron chi connectivity index (χ2n) is 5.08. The molecule has 1 atom stereocenters. The maximum Gasteiger partial charge on any atom is 0.0429 e. The average Bonchev–Trinajstić information content (AvgIpc) is 2.88. The van der Waals surface area contributed by atoms with Gasteiger partial charge in [0.2, 0.25) is 0 Å². The number of aromatic nitrogens is 1. The van der Waals surface area contributed by atoms with Gasteiger partial charge in [-0.3, -0.25) is 4.98 Å². The molecule has 1 saturated carbocycles. The van der Waals surface area contributed by atoms with E-state index >= 15 is 0 Å². The minimum Gasteiger partial charge on any atom is -0.309 e. The number of hydrogen-bond acceptors (Lipinski definition) is 3. The van der Waals surface area contributed by atoms with Crippen molar-refractivity contribution in [2.75, 3.05) is 12.3 Å². The molecule has 0 radical (unpaired) electrons. The normalized spacial score (nSPS) is 18.1. The highest BCUT2D eigenvalue weighted by Crippen LogP contribution is 2.32. The van der Waals surface area contributed by atoms with Crippen molar-refractivity contribution in [2.24, 2.45) is 0 Å². The van der Waals surface area contributed by atoms with Crippen LogP contribution in [-0.2, 0) is 0 Å². The first-order chi connectivity index (χ1) is 8.81. The Morgan fingerprint density at radius 1 is 1.44 bits per heavy atom. The molecule has 1 unspecified atom stereocenters. The summed E-state index contributed by atoms with van der Waals surface area (Å²) in [5, 5.41) is 4.49. The maximum atomic E-state index is 4.28. The van der Waals surface area contributed by atoms with Crippen LogP contribution in [0.1, 0.15) is 49.8 Å². The summed E-state index contributed by atoms with van der Waals surface area (Å²) in [6, 6.07) is 2.56. The quantitative estimate of drug-likeness (QED) is 0.847. The van der Waals surface area contributed by atoms with Crippen LogP contribution >= 0.6 is 11.8 Å². The molecule has 1 fully saturated rings. The molecule has 0 aliphatic heterocycles. The lowest BCUT2D eigenvalue weighted by molar-refractivity contribution is 0.600. The molecule has 1 aliphatic rings. The third kappa shape index (κ3) is 3.72. The van der Waals surface area contributed by atoms with Crippen LogP contribution in [0, 0.1) is 6.92 Å². The molecule has 1 aromatic heterocycles. The summed E-state index contributed by atoms with van der Waals surface area (Å²) in [7, 11) is 0. The standard InChI is InChI=1S/C15H24N2S/c1-3-17-15(11-18-13-6-4-5-7-13)14-10-16-9-8-12(14)2/h8-10,13,15,17H,3-7,11H2,1-2H3. The Kier molecular flexibility index (Phi) is 5.51. The van der Waals surface area contributed by atoms with Crippen LogP contribution in [0.3, 0.4) is 0 Å². The Bertz CT molecular complexity index is 361. The predicted molar refractivity (Wildman–Crippen MR) is 80.1 cm³/mol. The second kappa shape index (κ2) is 7.15. The van der Waals surface area contributed by atoms with Gasteiger partial charge in [-0.2, -0.15) is 11.8 Å². The van der Waals surface area contributed by atoms with Crippen LogP contribution in [0.25, 0.3) is 0 Å². The molecule has 0 spiro atoms. The number of rotatable bonds is 6. The van der Waals surface area contributed by atoms with E-state index in [4.69, 9.17) is 0 Å². The van der Waals surface area contributed by atoms with Crippen molar-refractivity contribution < 1.29 is 0 Å². The third-order valence-electron chi connectivity index (χ3n) is 3.71. The lowest BCUT2D eigenvalue weighted by Gasteiger charge is -2.21. The highest BCUT2D eigenvalue weighted by atomic mass is 32.2. The first kappa shape index (κ1) is 13.9. The molecule has 0 saturated heterocycles. The van der Waals surface area contributed by atoms with Crippen molar-refractivity contribution in [1.29, 1.82) is 0 Å². The zero-order chi connectivity index (χ0) is 12.8. The SMILES string of the molecule is CCNC(CSC1CCCC1)c1cnccc1C. The summed E-state index contributed by atoms with van der Waals surface area (Å²) < 4.78 is 0. The van der Waals surface area contributed by atoms with Gasteiger partial charge in [0.1, 0.15) is 0 Å². The molecule has 18 heavy (non-hydrogen) atoms. The van der Waals surface area contributed by atoms with Crippen LogP contribution in [0.4, 0.5) is 0 Å². The summed E-state index contributed by atoms with van der Waals surface area (Å²) in [5.74, 6) is 1.17. The molecule has 3 heteroatoms. The number of hydrogen-bond donors (Lipinski definition) is 1. The predicted octanol–water partition coefficient (Wildman–Crippen LogP) is 3.72. The van der Waals surface area contributed by atoms with E-state index in [0.29, 0.717) is 6.04 Å². The van der Waals surface area contributed by atoms with Crippen LogP contribution in [-0.4, -0.2) is 22.5 Å². The molecule has 2 rings (SSSR count). The molecule has 0 amide bonds. The highest BCUT2D eigenvalue weighted by Gasteiger charge is 2.19. The fraction of sp³-hybridized carbons (Fsp3) is 0.667. The lowest BCUT2D eigenvalue weighted by Crippen LogP contribution is -2.24. The van der Waals surface area contributed by atoms with Crippen LogP contribution in [0.15, 0.2) is 18.5 Å². The molecule has 1 N–H and O–H groups in total. The second-order valence-corrected chi connectivity index (χ2v) is 6.42. The molecular weight excluding hydrogens is 240 g/mol. The average molecular weight is 264 g/mol. The molecule has 0 bridgehead atoms. The number of thioether (sulfide) groups is 1. The molecule has 100 valence electrons. The monoisotopic (exact) mass is 264 g/mol.